The molecule has 1 saturated carbocycles. The highest BCUT2D eigenvalue weighted by atomic mass is 35.5. The van der Waals surface area contributed by atoms with Crippen molar-refractivity contribution in [2.75, 3.05) is 6.98 Å². The maximum absolute atomic E-state index is 13.3. The minimum absolute atomic E-state index is 0.436. The van der Waals surface area contributed by atoms with Gasteiger partial charge < -0.3 is 5.31 Å². The number of hydrogen-bond donors (Lipinski definition) is 1. The number of ketones is 1. The molecule has 1 unspecified atom stereocenters. The molecule has 3 heteroatoms. The lowest BCUT2D eigenvalue weighted by Gasteiger charge is -2.36. The first-order valence-electron chi connectivity index (χ1n) is 11.2. The van der Waals surface area contributed by atoms with Crippen LogP contribution in [-0.2, 0) is 10.3 Å². The summed E-state index contributed by atoms with van der Waals surface area (Å²) in [5.74, 6) is -1.90. The van der Waals surface area contributed by atoms with Gasteiger partial charge in [0.05, 0.1) is 5.48 Å². The Hall–Kier alpha value is -0.860. The van der Waals surface area contributed by atoms with E-state index in [1.165, 1.54) is 0 Å². The van der Waals surface area contributed by atoms with Crippen molar-refractivity contribution in [2.45, 2.75) is 31.1 Å². The summed E-state index contributed by atoms with van der Waals surface area (Å²) in [7, 11) is 0. The Balaban J connectivity index is 3.11. The maximum Gasteiger partial charge on any atom is 0.157 e. The van der Waals surface area contributed by atoms with E-state index in [1.807, 2.05) is 0 Å². The molecular weight excluding hydrogens is 222 g/mol. The van der Waals surface area contributed by atoms with Crippen LogP contribution in [0.1, 0.15) is 48.9 Å². The fraction of sp³-hybridized carbons (Fsp3) is 0.462. The topological polar surface area (TPSA) is 29.1 Å². The van der Waals surface area contributed by atoms with E-state index in [1.54, 1.807) is 0 Å². The van der Waals surface area contributed by atoms with Crippen molar-refractivity contribution in [2.24, 2.45) is 0 Å². The van der Waals surface area contributed by atoms with Gasteiger partial charge in [-0.15, -0.1) is 0 Å². The molecule has 1 N–H and O–H groups in total. The third kappa shape index (κ3) is 1.76. The van der Waals surface area contributed by atoms with Crippen molar-refractivity contribution in [3.63, 3.8) is 0 Å². The van der Waals surface area contributed by atoms with E-state index in [-0.39, 0.29) is 0 Å². The van der Waals surface area contributed by atoms with Crippen molar-refractivity contribution in [1.82, 2.24) is 5.31 Å². The Labute approximate surface area is 121 Å². The zero-order valence-corrected chi connectivity index (χ0v) is 8.70. The Kier molecular flexibility index (Phi) is 0.950. The van der Waals surface area contributed by atoms with Crippen molar-refractivity contribution >= 4 is 17.4 Å². The minimum Gasteiger partial charge on any atom is -0.304 e. The second kappa shape index (κ2) is 4.56. The van der Waals surface area contributed by atoms with E-state index in [2.05, 4.69) is 0 Å². The summed E-state index contributed by atoms with van der Waals surface area (Å²) in [5, 5.41) is -1.33. The number of carbonyl (C=O) groups excluding carboxylic acids is 1. The van der Waals surface area contributed by atoms with Gasteiger partial charge in [0.2, 0.25) is 0 Å². The smallest absolute Gasteiger partial charge is 0.157 e. The number of carbonyl (C=O) groups is 1. The molecule has 16 heavy (non-hydrogen) atoms. The van der Waals surface area contributed by atoms with Crippen molar-refractivity contribution in [1.29, 1.82) is 0 Å². The molecule has 1 atom stereocenters. The van der Waals surface area contributed by atoms with Crippen LogP contribution < -0.4 is 5.31 Å². The summed E-state index contributed by atoms with van der Waals surface area (Å²) in [4.78, 5) is 13.3. The van der Waals surface area contributed by atoms with Gasteiger partial charge in [0.15, 0.2) is 5.78 Å². The summed E-state index contributed by atoms with van der Waals surface area (Å²) >= 11 is 6.02. The van der Waals surface area contributed by atoms with Crippen LogP contribution in [0.25, 0.3) is 0 Å². The number of likely N-dealkylation sites (N-methyl/N-ethyl adjacent to an activating group) is 1. The number of nitrogens with one attached hydrogen (secondary N) is 1. The molecule has 0 spiro atoms. The molecule has 0 aromatic heterocycles. The summed E-state index contributed by atoms with van der Waals surface area (Å²) in [6, 6.07) is -3.79. The molecule has 0 amide bonds. The molecule has 1 aromatic rings. The highest BCUT2D eigenvalue weighted by Gasteiger charge is 2.40. The van der Waals surface area contributed by atoms with E-state index in [9.17, 15) is 4.79 Å². The van der Waals surface area contributed by atoms with Gasteiger partial charge in [-0.1, -0.05) is 36.1 Å². The number of rotatable bonds is 2. The van der Waals surface area contributed by atoms with Crippen molar-refractivity contribution in [3.8, 4) is 0 Å². The van der Waals surface area contributed by atoms with Gasteiger partial charge in [-0.25, -0.2) is 0 Å². The third-order valence-corrected chi connectivity index (χ3v) is 2.51. The summed E-state index contributed by atoms with van der Waals surface area (Å²) in [6.07, 6.45) is -11.8. The van der Waals surface area contributed by atoms with E-state index in [4.69, 9.17) is 30.8 Å². The number of benzene rings is 1. The number of Topliss-reactive ketones (excluding diaryl/α,β-unsaturated/α-hetero) is 1. The van der Waals surface area contributed by atoms with Gasteiger partial charge in [-0.3, -0.25) is 4.79 Å². The summed E-state index contributed by atoms with van der Waals surface area (Å²) in [5.41, 5.74) is -4.19. The first kappa shape index (κ1) is 3.33. The highest BCUT2D eigenvalue weighted by molar-refractivity contribution is 6.31. The Morgan fingerprint density at radius 2 is 2.44 bits per heavy atom. The molecule has 0 bridgehead atoms. The molecule has 1 aromatic carbocycles. The van der Waals surface area contributed by atoms with Crippen molar-refractivity contribution in [3.05, 3.63) is 34.8 Å². The average Bonchev–Trinajstić information content (AvgIpc) is 2.60. The van der Waals surface area contributed by atoms with Gasteiger partial charge in [0.1, 0.15) is 6.95 Å². The van der Waals surface area contributed by atoms with E-state index in [0.717, 1.165) is 0 Å². The SMILES string of the molecule is [2H]c1c([2H])c([2H])c(C2(N([2H])C([2H])([2H])[2H])CC([2H])([2H])C([2H])([2H])C([2H])([2H])C2=O)c(Cl)c1[2H]. The molecule has 0 saturated heterocycles. The van der Waals surface area contributed by atoms with Crippen LogP contribution in [0.3, 0.4) is 0 Å². The van der Waals surface area contributed by atoms with Gasteiger partial charge >= 0.3 is 0 Å². The second-order valence-corrected chi connectivity index (χ2v) is 3.47. The normalized spacial score (nSPS) is 49.0. The predicted octanol–water partition coefficient (Wildman–Crippen LogP) is 2.90. The highest BCUT2D eigenvalue weighted by Crippen LogP contribution is 2.37. The van der Waals surface area contributed by atoms with Gasteiger partial charge in [-0.05, 0) is 31.4 Å². The van der Waals surface area contributed by atoms with Crippen LogP contribution in [0.15, 0.2) is 24.2 Å². The second-order valence-electron chi connectivity index (χ2n) is 3.09. The van der Waals surface area contributed by atoms with E-state index < -0.39 is 83.9 Å². The van der Waals surface area contributed by atoms with Crippen LogP contribution in [0.2, 0.25) is 6.43 Å². The number of hydrogen-bond acceptors (Lipinski definition) is 2. The van der Waals surface area contributed by atoms with Crippen LogP contribution in [0, 0.1) is 0 Å². The molecule has 0 heterocycles. The van der Waals surface area contributed by atoms with Crippen LogP contribution in [0.4, 0.5) is 0 Å². The summed E-state index contributed by atoms with van der Waals surface area (Å²) in [6.45, 7) is -3.49. The molecule has 2 rings (SSSR count). The quantitative estimate of drug-likeness (QED) is 0.876. The molecular formula is C13H16ClNO. The van der Waals surface area contributed by atoms with Gasteiger partial charge in [-0.2, -0.15) is 0 Å². The first-order valence-corrected chi connectivity index (χ1v) is 4.68. The lowest BCUT2D eigenvalue weighted by molar-refractivity contribution is -0.127. The van der Waals surface area contributed by atoms with Crippen LogP contribution in [0.5, 0.6) is 0 Å². The molecule has 1 aliphatic rings. The maximum atomic E-state index is 13.3. The van der Waals surface area contributed by atoms with Crippen molar-refractivity contribution < 1.29 is 24.0 Å². The molecule has 86 valence electrons. The lowest BCUT2D eigenvalue weighted by Crippen LogP contribution is -2.49. The zero-order chi connectivity index (χ0) is 23.8. The Morgan fingerprint density at radius 1 is 1.62 bits per heavy atom. The van der Waals surface area contributed by atoms with E-state index in [0.29, 0.717) is 0 Å². The Morgan fingerprint density at radius 3 is 3.25 bits per heavy atom. The summed E-state index contributed by atoms with van der Waals surface area (Å²) < 4.78 is 110. The number of halogens is 1. The fourth-order valence-corrected chi connectivity index (χ4v) is 1.64. The van der Waals surface area contributed by atoms with Gasteiger partial charge in [0.25, 0.3) is 0 Å². The monoisotopic (exact) mass is 251 g/mol. The lowest BCUT2D eigenvalue weighted by atomic mass is 9.75. The minimum atomic E-state index is -3.68. The zero-order valence-electron chi connectivity index (χ0n) is 21.9. The predicted molar refractivity (Wildman–Crippen MR) is 65.7 cm³/mol. The molecule has 2 nitrogen and oxygen atoms in total. The average molecular weight is 252 g/mol. The largest absolute Gasteiger partial charge is 0.304 e. The fourth-order valence-electron chi connectivity index (χ4n) is 1.39. The third-order valence-electron chi connectivity index (χ3n) is 2.23. The first-order chi connectivity index (χ1) is 13.2. The van der Waals surface area contributed by atoms with Crippen LogP contribution >= 0.6 is 11.6 Å². The molecule has 0 radical (unpaired) electrons. The Bertz CT molecular complexity index is 883. The standard InChI is InChI=1S/C13H16ClNO/c1-15-13(9-5-4-8-12(13)16)10-6-2-3-7-11(10)14/h2-3,6-7,15H,4-5,8-9H2,1H3/i1D3,2D,3D,4D2,5D2,6D,7D,8D2/hD. The van der Waals surface area contributed by atoms with Crippen LogP contribution in [-0.4, -0.2) is 12.8 Å². The molecule has 0 aliphatic heterocycles. The molecule has 1 fully saturated rings. The molecule has 1 aliphatic carbocycles. The van der Waals surface area contributed by atoms with Gasteiger partial charge in [0, 0.05) is 23.7 Å². The van der Waals surface area contributed by atoms with E-state index >= 15 is 0 Å².